The summed E-state index contributed by atoms with van der Waals surface area (Å²) in [4.78, 5) is 0. The molecule has 0 aromatic heterocycles. The Labute approximate surface area is 142 Å². The first-order chi connectivity index (χ1) is 10.6. The van der Waals surface area contributed by atoms with Crippen molar-refractivity contribution in [2.45, 2.75) is 112 Å². The molecule has 1 nitrogen and oxygen atoms in total. The molecule has 0 radical (unpaired) electrons. The lowest BCUT2D eigenvalue weighted by atomic mass is 9.95. The van der Waals surface area contributed by atoms with E-state index in [-0.39, 0.29) is 0 Å². The molecule has 0 aliphatic rings. The monoisotopic (exact) mass is 312 g/mol. The van der Waals surface area contributed by atoms with Crippen LogP contribution in [0.25, 0.3) is 0 Å². The quantitative estimate of drug-likeness (QED) is 0.291. The molecule has 0 saturated carbocycles. The molecule has 22 heavy (non-hydrogen) atoms. The van der Waals surface area contributed by atoms with Gasteiger partial charge in [0, 0.05) is 0 Å². The van der Waals surface area contributed by atoms with Gasteiger partial charge >= 0.3 is 0 Å². The average molecular weight is 313 g/mol. The fourth-order valence-electron chi connectivity index (χ4n) is 3.85. The zero-order valence-electron chi connectivity index (χ0n) is 16.8. The number of unbranched alkanes of at least 4 members (excludes halogenated alkanes) is 3. The van der Waals surface area contributed by atoms with Crippen molar-refractivity contribution in [3.05, 3.63) is 0 Å². The Morgan fingerprint density at radius 1 is 0.591 bits per heavy atom. The van der Waals surface area contributed by atoms with E-state index in [4.69, 9.17) is 0 Å². The van der Waals surface area contributed by atoms with Crippen LogP contribution in [0.3, 0.4) is 0 Å². The lowest BCUT2D eigenvalue weighted by Crippen LogP contribution is -2.57. The van der Waals surface area contributed by atoms with Crippen LogP contribution < -0.4 is 0 Å². The van der Waals surface area contributed by atoms with E-state index in [1.165, 1.54) is 88.3 Å². The molecule has 0 fully saturated rings. The SMILES string of the molecule is CCCC[N+](CCCC)(CCCC)C(CCC)CCC(C)C. The molecule has 0 rings (SSSR count). The predicted octanol–water partition coefficient (Wildman–Crippen LogP) is 6.81. The highest BCUT2D eigenvalue weighted by atomic mass is 15.4. The van der Waals surface area contributed by atoms with E-state index in [1.807, 2.05) is 0 Å². The van der Waals surface area contributed by atoms with Crippen molar-refractivity contribution in [1.29, 1.82) is 0 Å². The first-order valence-corrected chi connectivity index (χ1v) is 10.4. The molecule has 0 bridgehead atoms. The highest BCUT2D eigenvalue weighted by molar-refractivity contribution is 4.64. The number of rotatable bonds is 15. The van der Waals surface area contributed by atoms with Gasteiger partial charge in [-0.2, -0.15) is 0 Å². The molecule has 1 heteroatoms. The van der Waals surface area contributed by atoms with Gasteiger partial charge in [0.1, 0.15) is 0 Å². The molecule has 0 N–H and O–H groups in total. The summed E-state index contributed by atoms with van der Waals surface area (Å²) >= 11 is 0. The van der Waals surface area contributed by atoms with Gasteiger partial charge in [-0.1, -0.05) is 67.2 Å². The number of hydrogen-bond donors (Lipinski definition) is 0. The molecule has 0 aromatic carbocycles. The second kappa shape index (κ2) is 13.4. The molecule has 0 aliphatic carbocycles. The van der Waals surface area contributed by atoms with Crippen molar-refractivity contribution in [2.24, 2.45) is 5.92 Å². The van der Waals surface area contributed by atoms with Gasteiger partial charge in [-0.15, -0.1) is 0 Å². The van der Waals surface area contributed by atoms with Crippen molar-refractivity contribution < 1.29 is 4.48 Å². The van der Waals surface area contributed by atoms with Crippen LogP contribution in [0.1, 0.15) is 106 Å². The Morgan fingerprint density at radius 3 is 1.36 bits per heavy atom. The van der Waals surface area contributed by atoms with Crippen molar-refractivity contribution in [1.82, 2.24) is 0 Å². The Kier molecular flexibility index (Phi) is 13.4. The molecule has 0 amide bonds. The Balaban J connectivity index is 5.15. The second-order valence-corrected chi connectivity index (χ2v) is 7.86. The fraction of sp³-hybridized carbons (Fsp3) is 1.00. The Morgan fingerprint density at radius 2 is 1.05 bits per heavy atom. The van der Waals surface area contributed by atoms with Crippen molar-refractivity contribution >= 4 is 0 Å². The lowest BCUT2D eigenvalue weighted by molar-refractivity contribution is -0.952. The van der Waals surface area contributed by atoms with E-state index in [0.717, 1.165) is 12.0 Å². The van der Waals surface area contributed by atoms with E-state index in [0.29, 0.717) is 0 Å². The first-order valence-electron chi connectivity index (χ1n) is 10.4. The highest BCUT2D eigenvalue weighted by Crippen LogP contribution is 2.27. The number of hydrogen-bond acceptors (Lipinski definition) is 0. The smallest absolute Gasteiger partial charge is 0.0890 e. The van der Waals surface area contributed by atoms with E-state index in [9.17, 15) is 0 Å². The molecular weight excluding hydrogens is 266 g/mol. The molecule has 1 atom stereocenters. The summed E-state index contributed by atoms with van der Waals surface area (Å²) in [6.07, 6.45) is 13.9. The van der Waals surface area contributed by atoms with Crippen molar-refractivity contribution in [3.63, 3.8) is 0 Å². The van der Waals surface area contributed by atoms with Gasteiger partial charge in [-0.25, -0.2) is 0 Å². The van der Waals surface area contributed by atoms with E-state index < -0.39 is 0 Å². The molecule has 0 aromatic rings. The molecule has 0 heterocycles. The standard InChI is InChI=1S/C21H46N/c1-7-11-17-22(18-12-8-2,19-13-9-3)21(14-10-4)16-15-20(5)6/h20-21H,7-19H2,1-6H3/q+1. The minimum absolute atomic E-state index is 0.852. The third-order valence-corrected chi connectivity index (χ3v) is 5.34. The maximum atomic E-state index is 2.39. The van der Waals surface area contributed by atoms with Gasteiger partial charge in [0.05, 0.1) is 25.7 Å². The van der Waals surface area contributed by atoms with Crippen LogP contribution in [0.15, 0.2) is 0 Å². The van der Waals surface area contributed by atoms with E-state index >= 15 is 0 Å². The van der Waals surface area contributed by atoms with E-state index in [1.54, 1.807) is 0 Å². The normalized spacial score (nSPS) is 13.8. The van der Waals surface area contributed by atoms with Crippen LogP contribution in [0.4, 0.5) is 0 Å². The van der Waals surface area contributed by atoms with Crippen molar-refractivity contribution in [2.75, 3.05) is 19.6 Å². The zero-order valence-corrected chi connectivity index (χ0v) is 16.8. The Bertz CT molecular complexity index is 212. The van der Waals surface area contributed by atoms with E-state index in [2.05, 4.69) is 41.5 Å². The van der Waals surface area contributed by atoms with Crippen LogP contribution in [0.2, 0.25) is 0 Å². The topological polar surface area (TPSA) is 0 Å². The van der Waals surface area contributed by atoms with Gasteiger partial charge in [0.25, 0.3) is 0 Å². The third-order valence-electron chi connectivity index (χ3n) is 5.34. The van der Waals surface area contributed by atoms with Crippen LogP contribution in [-0.2, 0) is 0 Å². The summed E-state index contributed by atoms with van der Waals surface area (Å²) in [5, 5.41) is 0. The minimum Gasteiger partial charge on any atom is -0.321 e. The minimum atomic E-state index is 0.852. The first kappa shape index (κ1) is 22.0. The fourth-order valence-corrected chi connectivity index (χ4v) is 3.85. The van der Waals surface area contributed by atoms with Gasteiger partial charge in [0.15, 0.2) is 0 Å². The van der Waals surface area contributed by atoms with Crippen LogP contribution in [-0.4, -0.2) is 30.2 Å². The van der Waals surface area contributed by atoms with Crippen LogP contribution in [0.5, 0.6) is 0 Å². The Hall–Kier alpha value is -0.0400. The van der Waals surface area contributed by atoms with Gasteiger partial charge in [-0.05, 0) is 44.4 Å². The third kappa shape index (κ3) is 8.56. The summed E-state index contributed by atoms with van der Waals surface area (Å²) in [5.41, 5.74) is 0. The lowest BCUT2D eigenvalue weighted by Gasteiger charge is -2.46. The molecule has 0 saturated heterocycles. The van der Waals surface area contributed by atoms with Crippen molar-refractivity contribution in [3.8, 4) is 0 Å². The highest BCUT2D eigenvalue weighted by Gasteiger charge is 2.34. The molecule has 0 aliphatic heterocycles. The maximum absolute atomic E-state index is 2.39. The maximum Gasteiger partial charge on any atom is 0.0890 e. The summed E-state index contributed by atoms with van der Waals surface area (Å²) in [5.74, 6) is 0.852. The summed E-state index contributed by atoms with van der Waals surface area (Å²) in [7, 11) is 0. The molecular formula is C21H46N+. The van der Waals surface area contributed by atoms with Gasteiger partial charge < -0.3 is 4.48 Å². The molecule has 1 unspecified atom stereocenters. The second-order valence-electron chi connectivity index (χ2n) is 7.86. The van der Waals surface area contributed by atoms with Crippen LogP contribution in [0, 0.1) is 5.92 Å². The number of nitrogens with zero attached hydrogens (tertiary/aromatic N) is 1. The number of quaternary nitrogens is 1. The molecule has 134 valence electrons. The zero-order chi connectivity index (χ0) is 16.8. The van der Waals surface area contributed by atoms with Gasteiger partial charge in [-0.3, -0.25) is 0 Å². The summed E-state index contributed by atoms with van der Waals surface area (Å²) < 4.78 is 1.44. The largest absolute Gasteiger partial charge is 0.321 e. The van der Waals surface area contributed by atoms with Crippen LogP contribution >= 0.6 is 0 Å². The summed E-state index contributed by atoms with van der Waals surface area (Å²) in [6, 6.07) is 0.914. The predicted molar refractivity (Wildman–Crippen MR) is 102 cm³/mol. The molecule has 0 spiro atoms. The average Bonchev–Trinajstić information content (AvgIpc) is 2.51. The summed E-state index contributed by atoms with van der Waals surface area (Å²) in [6.45, 7) is 18.5. The van der Waals surface area contributed by atoms with Gasteiger partial charge in [0.2, 0.25) is 0 Å².